The minimum Gasteiger partial charge on any atom is -0.489 e. The molecule has 6 heteroatoms. The van der Waals surface area contributed by atoms with Crippen molar-refractivity contribution >= 4 is 16.8 Å². The summed E-state index contributed by atoms with van der Waals surface area (Å²) in [7, 11) is 0. The maximum absolute atomic E-state index is 12.7. The Balaban J connectivity index is 1.12. The number of fused-ring (bicyclic) bond motifs is 1. The minimum atomic E-state index is 0.139. The summed E-state index contributed by atoms with van der Waals surface area (Å²) in [6.07, 6.45) is 12.7. The summed E-state index contributed by atoms with van der Waals surface area (Å²) in [4.78, 5) is 22.0. The lowest BCUT2D eigenvalue weighted by molar-refractivity contribution is 0.0492. The number of amides is 1. The first-order valence-corrected chi connectivity index (χ1v) is 12.5. The van der Waals surface area contributed by atoms with Gasteiger partial charge in [0, 0.05) is 49.4 Å². The van der Waals surface area contributed by atoms with Crippen molar-refractivity contribution in [1.82, 2.24) is 19.4 Å². The average molecular weight is 445 g/mol. The van der Waals surface area contributed by atoms with Crippen LogP contribution in [0.3, 0.4) is 0 Å². The summed E-state index contributed by atoms with van der Waals surface area (Å²) < 4.78 is 8.31. The van der Waals surface area contributed by atoms with Gasteiger partial charge < -0.3 is 19.1 Å². The number of ether oxygens (including phenoxy) is 1. The van der Waals surface area contributed by atoms with E-state index in [0.717, 1.165) is 85.9 Å². The van der Waals surface area contributed by atoms with Crippen LogP contribution >= 0.6 is 0 Å². The Hall–Kier alpha value is -2.86. The second-order valence-electron chi connectivity index (χ2n) is 9.75. The molecule has 3 aliphatic rings. The van der Waals surface area contributed by atoms with Gasteiger partial charge in [0.15, 0.2) is 0 Å². The molecule has 2 aliphatic heterocycles. The predicted molar refractivity (Wildman–Crippen MR) is 129 cm³/mol. The first kappa shape index (κ1) is 20.7. The van der Waals surface area contributed by atoms with Crippen LogP contribution in [0.15, 0.2) is 48.8 Å². The third kappa shape index (κ3) is 4.12. The van der Waals surface area contributed by atoms with Crippen molar-refractivity contribution < 1.29 is 9.53 Å². The van der Waals surface area contributed by atoms with Crippen LogP contribution in [0.25, 0.3) is 16.7 Å². The molecule has 1 saturated carbocycles. The zero-order valence-corrected chi connectivity index (χ0v) is 19.2. The van der Waals surface area contributed by atoms with Crippen molar-refractivity contribution in [1.29, 1.82) is 0 Å². The molecule has 0 spiro atoms. The maximum atomic E-state index is 12.7. The quantitative estimate of drug-likeness (QED) is 0.575. The van der Waals surface area contributed by atoms with Crippen molar-refractivity contribution in [2.45, 2.75) is 57.1 Å². The van der Waals surface area contributed by atoms with Crippen LogP contribution in [-0.2, 0) is 0 Å². The highest BCUT2D eigenvalue weighted by Crippen LogP contribution is 2.29. The molecule has 33 heavy (non-hydrogen) atoms. The number of carbonyl (C=O) groups excluding carboxylic acids is 1. The number of rotatable bonds is 5. The molecule has 3 fully saturated rings. The largest absolute Gasteiger partial charge is 0.489 e. The fourth-order valence-electron chi connectivity index (χ4n) is 5.47. The summed E-state index contributed by atoms with van der Waals surface area (Å²) in [5.74, 6) is 1.84. The third-order valence-electron chi connectivity index (χ3n) is 7.67. The Morgan fingerprint density at radius 2 is 1.73 bits per heavy atom. The van der Waals surface area contributed by atoms with Crippen LogP contribution in [0.4, 0.5) is 0 Å². The normalized spacial score (nSPS) is 20.3. The molecule has 0 radical (unpaired) electrons. The first-order valence-electron chi connectivity index (χ1n) is 12.5. The van der Waals surface area contributed by atoms with Crippen LogP contribution in [-0.4, -0.2) is 63.6 Å². The van der Waals surface area contributed by atoms with E-state index in [1.54, 1.807) is 0 Å². The van der Waals surface area contributed by atoms with Gasteiger partial charge >= 0.3 is 0 Å². The van der Waals surface area contributed by atoms with E-state index < -0.39 is 0 Å². The molecule has 6 nitrogen and oxygen atoms in total. The molecule has 1 amide bonds. The Morgan fingerprint density at radius 1 is 0.909 bits per heavy atom. The van der Waals surface area contributed by atoms with E-state index in [2.05, 4.69) is 20.5 Å². The van der Waals surface area contributed by atoms with Crippen LogP contribution in [0.1, 0.15) is 55.3 Å². The van der Waals surface area contributed by atoms with Gasteiger partial charge in [-0.05, 0) is 74.9 Å². The Labute approximate surface area is 195 Å². The zero-order valence-electron chi connectivity index (χ0n) is 19.2. The fourth-order valence-corrected chi connectivity index (χ4v) is 5.47. The van der Waals surface area contributed by atoms with Gasteiger partial charge in [0.1, 0.15) is 17.7 Å². The second kappa shape index (κ2) is 8.82. The van der Waals surface area contributed by atoms with Crippen molar-refractivity contribution in [3.63, 3.8) is 0 Å². The number of likely N-dealkylation sites (tertiary alicyclic amines) is 2. The highest BCUT2D eigenvalue weighted by molar-refractivity contribution is 5.98. The van der Waals surface area contributed by atoms with Gasteiger partial charge in [-0.3, -0.25) is 4.79 Å². The number of pyridine rings is 1. The van der Waals surface area contributed by atoms with E-state index >= 15 is 0 Å². The average Bonchev–Trinajstić information content (AvgIpc) is 3.49. The van der Waals surface area contributed by atoms with E-state index in [4.69, 9.17) is 4.74 Å². The lowest BCUT2D eigenvalue weighted by Gasteiger charge is -2.41. The Bertz CT molecular complexity index is 1120. The summed E-state index contributed by atoms with van der Waals surface area (Å²) in [5, 5.41) is 1.06. The van der Waals surface area contributed by atoms with Crippen LogP contribution < -0.4 is 4.74 Å². The van der Waals surface area contributed by atoms with Gasteiger partial charge in [0.05, 0.1) is 11.7 Å². The molecule has 0 N–H and O–H groups in total. The molecule has 0 bridgehead atoms. The van der Waals surface area contributed by atoms with Crippen LogP contribution in [0.5, 0.6) is 5.75 Å². The van der Waals surface area contributed by atoms with Crippen LogP contribution in [0, 0.1) is 0 Å². The third-order valence-corrected chi connectivity index (χ3v) is 7.67. The number of carbonyl (C=O) groups is 1. The van der Waals surface area contributed by atoms with E-state index in [-0.39, 0.29) is 12.0 Å². The van der Waals surface area contributed by atoms with Gasteiger partial charge in [-0.25, -0.2) is 4.98 Å². The number of hydrogen-bond donors (Lipinski definition) is 0. The molecule has 3 aromatic rings. The number of aromatic nitrogens is 2. The fraction of sp³-hybridized carbons (Fsp3) is 0.481. The van der Waals surface area contributed by atoms with Crippen molar-refractivity contribution in [3.8, 4) is 11.6 Å². The molecule has 1 aromatic carbocycles. The van der Waals surface area contributed by atoms with Crippen LogP contribution in [0.2, 0.25) is 0 Å². The number of nitrogens with zero attached hydrogens (tertiary/aromatic N) is 4. The molecular formula is C27H32N4O2. The summed E-state index contributed by atoms with van der Waals surface area (Å²) in [6.45, 7) is 4.04. The molecule has 4 heterocycles. The molecule has 6 rings (SSSR count). The van der Waals surface area contributed by atoms with Gasteiger partial charge in [-0.1, -0.05) is 6.42 Å². The van der Waals surface area contributed by atoms with Gasteiger partial charge in [0.2, 0.25) is 0 Å². The van der Waals surface area contributed by atoms with E-state index in [9.17, 15) is 4.79 Å². The molecule has 2 aromatic heterocycles. The van der Waals surface area contributed by atoms with Crippen molar-refractivity contribution in [2.24, 2.45) is 0 Å². The predicted octanol–water partition coefficient (Wildman–Crippen LogP) is 4.66. The topological polar surface area (TPSA) is 50.6 Å². The highest BCUT2D eigenvalue weighted by atomic mass is 16.5. The van der Waals surface area contributed by atoms with E-state index in [1.807, 2.05) is 47.6 Å². The SMILES string of the molecule is O=C(c1ccc2c(ccn2-c2ccc(OC3CCN(C4CCC4)CC3)cn2)c1)N1CCCC1. The number of benzene rings is 1. The summed E-state index contributed by atoms with van der Waals surface area (Å²) >= 11 is 0. The van der Waals surface area contributed by atoms with E-state index in [0.29, 0.717) is 0 Å². The van der Waals surface area contributed by atoms with Gasteiger partial charge in [-0.15, -0.1) is 0 Å². The first-order chi connectivity index (χ1) is 16.2. The molecule has 172 valence electrons. The second-order valence-corrected chi connectivity index (χ2v) is 9.75. The van der Waals surface area contributed by atoms with Crippen molar-refractivity contribution in [3.05, 3.63) is 54.4 Å². The summed E-state index contributed by atoms with van der Waals surface area (Å²) in [6, 6.07) is 12.9. The lowest BCUT2D eigenvalue weighted by atomic mass is 9.90. The standard InChI is InChI=1S/C27H32N4O2/c32-27(30-13-1-2-14-30)21-6-8-25-20(18-21)10-17-31(25)26-9-7-24(19-28-26)33-23-11-15-29(16-12-23)22-4-3-5-22/h6-10,17-19,22-23H,1-5,11-16H2. The molecule has 0 atom stereocenters. The lowest BCUT2D eigenvalue weighted by Crippen LogP contribution is -2.46. The smallest absolute Gasteiger partial charge is 0.253 e. The Kier molecular flexibility index (Phi) is 5.54. The molecular weight excluding hydrogens is 412 g/mol. The minimum absolute atomic E-state index is 0.139. The maximum Gasteiger partial charge on any atom is 0.253 e. The molecule has 1 aliphatic carbocycles. The summed E-state index contributed by atoms with van der Waals surface area (Å²) in [5.41, 5.74) is 1.82. The molecule has 0 unspecified atom stereocenters. The monoisotopic (exact) mass is 444 g/mol. The Morgan fingerprint density at radius 3 is 2.42 bits per heavy atom. The number of hydrogen-bond acceptors (Lipinski definition) is 4. The highest BCUT2D eigenvalue weighted by Gasteiger charge is 2.29. The zero-order chi connectivity index (χ0) is 22.2. The number of piperidine rings is 1. The van der Waals surface area contributed by atoms with E-state index in [1.165, 1.54) is 19.3 Å². The van der Waals surface area contributed by atoms with Gasteiger partial charge in [0.25, 0.3) is 5.91 Å². The van der Waals surface area contributed by atoms with Crippen molar-refractivity contribution in [2.75, 3.05) is 26.2 Å². The molecule has 2 saturated heterocycles. The van der Waals surface area contributed by atoms with Gasteiger partial charge in [-0.2, -0.15) is 0 Å².